The summed E-state index contributed by atoms with van der Waals surface area (Å²) in [5.41, 5.74) is 15.2. The van der Waals surface area contributed by atoms with Gasteiger partial charge in [0.25, 0.3) is 0 Å². The lowest BCUT2D eigenvalue weighted by atomic mass is 9.42. The van der Waals surface area contributed by atoms with Crippen molar-refractivity contribution in [3.8, 4) is 5.69 Å². The van der Waals surface area contributed by atoms with Crippen molar-refractivity contribution in [2.24, 2.45) is 23.7 Å². The molecule has 3 heteroatoms. The molecule has 1 aromatic heterocycles. The molecule has 0 unspecified atom stereocenters. The number of fused-ring (bicyclic) bond motifs is 3. The third-order valence-electron chi connectivity index (χ3n) is 16.8. The van der Waals surface area contributed by atoms with Gasteiger partial charge in [-0.25, -0.2) is 0 Å². The van der Waals surface area contributed by atoms with Crippen LogP contribution in [0.5, 0.6) is 0 Å². The van der Waals surface area contributed by atoms with Gasteiger partial charge in [0, 0.05) is 50.3 Å². The Balaban J connectivity index is 0.913. The molecule has 67 heavy (non-hydrogen) atoms. The second-order valence-electron chi connectivity index (χ2n) is 20.4. The van der Waals surface area contributed by atoms with Gasteiger partial charge >= 0.3 is 0 Å². The summed E-state index contributed by atoms with van der Waals surface area (Å²) in [5, 5.41) is 2.52. The third kappa shape index (κ3) is 6.84. The van der Waals surface area contributed by atoms with Crippen molar-refractivity contribution in [3.63, 3.8) is 0 Å². The molecule has 0 amide bonds. The minimum absolute atomic E-state index is 0.0234. The van der Waals surface area contributed by atoms with Crippen LogP contribution in [-0.4, -0.2) is 4.57 Å². The molecule has 0 aliphatic heterocycles. The first-order chi connectivity index (χ1) is 33.2. The van der Waals surface area contributed by atoms with Crippen LogP contribution in [0.15, 0.2) is 206 Å². The molecule has 3 nitrogen and oxygen atoms in total. The molecule has 5 aliphatic carbocycles. The first kappa shape index (κ1) is 40.4. The molecule has 5 saturated carbocycles. The van der Waals surface area contributed by atoms with Gasteiger partial charge < -0.3 is 14.4 Å². The second-order valence-corrected chi connectivity index (χ2v) is 20.4. The molecule has 5 fully saturated rings. The summed E-state index contributed by atoms with van der Waals surface area (Å²) in [6, 6.07) is 77.9. The van der Waals surface area contributed by atoms with Gasteiger partial charge in [0.2, 0.25) is 0 Å². The number of para-hydroxylation sites is 4. The van der Waals surface area contributed by atoms with Gasteiger partial charge in [-0.2, -0.15) is 0 Å². The standard InChI is InChI=1S/C64H59N3/c1-5-16-47(17-6-1)48-28-34-56(35-29-48)65(53-18-7-2-8-19-53)57-36-30-49(31-37-57)64(51-41-45-40-46(43-51)44-52(64)42-45)50-32-38-58(39-33-50)66(54-20-9-3-10-21-54)61-26-15-27-62-63(61)59-24-13-14-25-60(59)67(62)55-22-11-4-12-23-55/h2-4,7-15,18-39,45-47,51-52H,1,5-6,16-17,40-44H2. The maximum absolute atomic E-state index is 2.53. The van der Waals surface area contributed by atoms with Crippen molar-refractivity contribution in [1.82, 2.24) is 4.57 Å². The van der Waals surface area contributed by atoms with Crippen molar-refractivity contribution in [2.75, 3.05) is 9.80 Å². The lowest BCUT2D eigenvalue weighted by Crippen LogP contribution is -2.56. The van der Waals surface area contributed by atoms with E-state index in [2.05, 4.69) is 221 Å². The van der Waals surface area contributed by atoms with Crippen LogP contribution < -0.4 is 9.80 Å². The van der Waals surface area contributed by atoms with E-state index in [1.54, 1.807) is 0 Å². The van der Waals surface area contributed by atoms with E-state index in [-0.39, 0.29) is 5.41 Å². The molecule has 330 valence electrons. The fourth-order valence-electron chi connectivity index (χ4n) is 14.2. The normalized spacial score (nSPS) is 22.3. The number of benzene rings is 8. The average molecular weight is 870 g/mol. The van der Waals surface area contributed by atoms with Crippen LogP contribution in [0.2, 0.25) is 0 Å². The summed E-state index contributed by atoms with van der Waals surface area (Å²) in [6.45, 7) is 0. The van der Waals surface area contributed by atoms with E-state index < -0.39 is 0 Å². The topological polar surface area (TPSA) is 11.4 Å². The van der Waals surface area contributed by atoms with Crippen LogP contribution in [0.3, 0.4) is 0 Å². The maximum atomic E-state index is 2.53. The second kappa shape index (κ2) is 16.8. The van der Waals surface area contributed by atoms with Crippen LogP contribution in [0.1, 0.15) is 86.8 Å². The predicted molar refractivity (Wildman–Crippen MR) is 280 cm³/mol. The Morgan fingerprint density at radius 2 is 0.866 bits per heavy atom. The minimum atomic E-state index is -0.0234. The van der Waals surface area contributed by atoms with Crippen LogP contribution in [-0.2, 0) is 5.41 Å². The van der Waals surface area contributed by atoms with E-state index in [1.165, 1.54) is 137 Å². The predicted octanol–water partition coefficient (Wildman–Crippen LogP) is 17.5. The van der Waals surface area contributed by atoms with Crippen LogP contribution in [0.25, 0.3) is 27.5 Å². The molecule has 0 spiro atoms. The van der Waals surface area contributed by atoms with Gasteiger partial charge in [-0.15, -0.1) is 0 Å². The summed E-state index contributed by atoms with van der Waals surface area (Å²) in [6.07, 6.45) is 13.5. The van der Waals surface area contributed by atoms with Gasteiger partial charge in [0.05, 0.1) is 16.7 Å². The smallest absolute Gasteiger partial charge is 0.0562 e. The molecule has 0 saturated heterocycles. The number of anilines is 6. The lowest BCUT2D eigenvalue weighted by Gasteiger charge is -2.62. The van der Waals surface area contributed by atoms with Gasteiger partial charge in [0.1, 0.15) is 0 Å². The van der Waals surface area contributed by atoms with E-state index in [9.17, 15) is 0 Å². The van der Waals surface area contributed by atoms with Gasteiger partial charge in [-0.05, 0) is 182 Å². The van der Waals surface area contributed by atoms with Crippen LogP contribution in [0, 0.1) is 23.7 Å². The molecule has 8 aromatic carbocycles. The number of rotatable bonds is 10. The third-order valence-corrected chi connectivity index (χ3v) is 16.8. The van der Waals surface area contributed by atoms with E-state index in [4.69, 9.17) is 0 Å². The molecule has 0 atom stereocenters. The van der Waals surface area contributed by atoms with Crippen LogP contribution >= 0.6 is 0 Å². The van der Waals surface area contributed by atoms with E-state index >= 15 is 0 Å². The number of hydrogen-bond acceptors (Lipinski definition) is 2. The van der Waals surface area contributed by atoms with Crippen molar-refractivity contribution in [2.45, 2.75) is 75.5 Å². The van der Waals surface area contributed by atoms with E-state index in [1.807, 2.05) is 0 Å². The Labute approximate surface area is 396 Å². The first-order valence-electron chi connectivity index (χ1n) is 25.3. The lowest BCUT2D eigenvalue weighted by molar-refractivity contribution is -0.0418. The summed E-state index contributed by atoms with van der Waals surface area (Å²) in [5.74, 6) is 3.71. The quantitative estimate of drug-likeness (QED) is 0.136. The molecule has 9 aromatic rings. The minimum Gasteiger partial charge on any atom is -0.311 e. The first-order valence-corrected chi connectivity index (χ1v) is 25.3. The van der Waals surface area contributed by atoms with Gasteiger partial charge in [-0.1, -0.05) is 135 Å². The Hall–Kier alpha value is -6.84. The SMILES string of the molecule is c1ccc(N(c2ccc(C3CCCCC3)cc2)c2ccc(C3(c4ccc(N(c5ccccc5)c5cccc6c5c5ccccc5n6-c5ccccc5)cc4)C4CC5CC(C4)CC3C5)cc2)cc1. The van der Waals surface area contributed by atoms with E-state index in [0.29, 0.717) is 17.8 Å². The molecular weight excluding hydrogens is 811 g/mol. The fourth-order valence-corrected chi connectivity index (χ4v) is 14.2. The highest BCUT2D eigenvalue weighted by molar-refractivity contribution is 6.16. The maximum Gasteiger partial charge on any atom is 0.0562 e. The molecule has 0 N–H and O–H groups in total. The van der Waals surface area contributed by atoms with Crippen molar-refractivity contribution in [3.05, 3.63) is 223 Å². The van der Waals surface area contributed by atoms with Crippen molar-refractivity contribution >= 4 is 55.9 Å². The van der Waals surface area contributed by atoms with E-state index in [0.717, 1.165) is 17.5 Å². The summed E-state index contributed by atoms with van der Waals surface area (Å²) >= 11 is 0. The summed E-state index contributed by atoms with van der Waals surface area (Å²) in [7, 11) is 0. The highest BCUT2D eigenvalue weighted by atomic mass is 15.2. The largest absolute Gasteiger partial charge is 0.311 e. The highest BCUT2D eigenvalue weighted by Crippen LogP contribution is 2.65. The molecular formula is C64H59N3. The number of aromatic nitrogens is 1. The molecule has 1 heterocycles. The zero-order valence-corrected chi connectivity index (χ0v) is 38.4. The zero-order valence-electron chi connectivity index (χ0n) is 38.4. The molecule has 0 radical (unpaired) electrons. The Morgan fingerprint density at radius 1 is 0.388 bits per heavy atom. The monoisotopic (exact) mass is 869 g/mol. The summed E-state index contributed by atoms with van der Waals surface area (Å²) in [4.78, 5) is 4.95. The Kier molecular flexibility index (Phi) is 10.1. The number of nitrogens with zero attached hydrogens (tertiary/aromatic N) is 3. The van der Waals surface area contributed by atoms with Gasteiger partial charge in [-0.3, -0.25) is 0 Å². The fraction of sp³-hybridized carbons (Fsp3) is 0.250. The highest BCUT2D eigenvalue weighted by Gasteiger charge is 2.58. The summed E-state index contributed by atoms with van der Waals surface area (Å²) < 4.78 is 2.43. The molecule has 14 rings (SSSR count). The Morgan fingerprint density at radius 3 is 1.46 bits per heavy atom. The zero-order chi connectivity index (χ0) is 44.3. The van der Waals surface area contributed by atoms with Gasteiger partial charge in [0.15, 0.2) is 0 Å². The van der Waals surface area contributed by atoms with Crippen LogP contribution in [0.4, 0.5) is 34.1 Å². The van der Waals surface area contributed by atoms with Crippen molar-refractivity contribution < 1.29 is 0 Å². The average Bonchev–Trinajstić information content (AvgIpc) is 3.74. The number of hydrogen-bond donors (Lipinski definition) is 0. The molecule has 5 aliphatic rings. The molecule has 4 bridgehead atoms. The Bertz CT molecular complexity index is 3120. The van der Waals surface area contributed by atoms with Crippen molar-refractivity contribution in [1.29, 1.82) is 0 Å².